The van der Waals surface area contributed by atoms with Gasteiger partial charge in [-0.2, -0.15) is 0 Å². The Morgan fingerprint density at radius 1 is 1.08 bits per heavy atom. The van der Waals surface area contributed by atoms with Crippen molar-refractivity contribution in [3.05, 3.63) is 72.3 Å². The Kier molecular flexibility index (Phi) is 4.37. The SMILES string of the molecule is CC[C@H](Oc1ccc2ccccc2c1)C(=O)N1c2ccccc2C[C@H]1C. The van der Waals surface area contributed by atoms with Crippen LogP contribution in [0.3, 0.4) is 0 Å². The van der Waals surface area contributed by atoms with Crippen molar-refractivity contribution in [1.82, 2.24) is 0 Å². The molecule has 1 aliphatic heterocycles. The fourth-order valence-corrected chi connectivity index (χ4v) is 3.77. The molecular weight excluding hydrogens is 322 g/mol. The number of carbonyl (C=O) groups excluding carboxylic acids is 1. The first-order valence-electron chi connectivity index (χ1n) is 9.24. The number of amides is 1. The molecule has 0 saturated carbocycles. The van der Waals surface area contributed by atoms with E-state index in [-0.39, 0.29) is 11.9 Å². The molecule has 3 heteroatoms. The highest BCUT2D eigenvalue weighted by Crippen LogP contribution is 2.33. The normalized spacial score (nSPS) is 17.2. The lowest BCUT2D eigenvalue weighted by molar-refractivity contribution is -0.125. The smallest absolute Gasteiger partial charge is 0.268 e. The maximum absolute atomic E-state index is 13.2. The van der Waals surface area contributed by atoms with Crippen molar-refractivity contribution in [3.8, 4) is 5.75 Å². The van der Waals surface area contributed by atoms with Crippen LogP contribution < -0.4 is 9.64 Å². The molecule has 0 saturated heterocycles. The highest BCUT2D eigenvalue weighted by molar-refractivity contribution is 5.99. The molecule has 1 aliphatic rings. The number of anilines is 1. The minimum atomic E-state index is -0.482. The van der Waals surface area contributed by atoms with E-state index in [2.05, 4.69) is 25.1 Å². The summed E-state index contributed by atoms with van der Waals surface area (Å²) in [6.07, 6.45) is 1.05. The number of ether oxygens (including phenoxy) is 1. The Balaban J connectivity index is 1.59. The van der Waals surface area contributed by atoms with Crippen molar-refractivity contribution < 1.29 is 9.53 Å². The van der Waals surface area contributed by atoms with E-state index >= 15 is 0 Å². The molecule has 3 nitrogen and oxygen atoms in total. The molecule has 0 N–H and O–H groups in total. The van der Waals surface area contributed by atoms with Crippen molar-refractivity contribution >= 4 is 22.4 Å². The Morgan fingerprint density at radius 3 is 2.62 bits per heavy atom. The summed E-state index contributed by atoms with van der Waals surface area (Å²) in [6, 6.07) is 22.5. The third kappa shape index (κ3) is 2.94. The summed E-state index contributed by atoms with van der Waals surface area (Å²) in [7, 11) is 0. The summed E-state index contributed by atoms with van der Waals surface area (Å²) >= 11 is 0. The van der Waals surface area contributed by atoms with Crippen molar-refractivity contribution in [2.45, 2.75) is 38.8 Å². The van der Waals surface area contributed by atoms with Crippen molar-refractivity contribution in [1.29, 1.82) is 0 Å². The predicted molar refractivity (Wildman–Crippen MR) is 106 cm³/mol. The van der Waals surface area contributed by atoms with E-state index in [9.17, 15) is 4.79 Å². The van der Waals surface area contributed by atoms with Crippen LogP contribution in [-0.2, 0) is 11.2 Å². The van der Waals surface area contributed by atoms with Gasteiger partial charge in [0.2, 0.25) is 0 Å². The van der Waals surface area contributed by atoms with Crippen molar-refractivity contribution in [2.24, 2.45) is 0 Å². The Labute approximate surface area is 154 Å². The Hall–Kier alpha value is -2.81. The Bertz CT molecular complexity index is 950. The first-order chi connectivity index (χ1) is 12.7. The van der Waals surface area contributed by atoms with E-state index in [4.69, 9.17) is 4.74 Å². The van der Waals surface area contributed by atoms with Gasteiger partial charge in [-0.15, -0.1) is 0 Å². The molecule has 0 radical (unpaired) electrons. The standard InChI is InChI=1S/C23H23NO2/c1-3-22(26-20-13-12-17-8-4-5-9-18(17)15-20)23(25)24-16(2)14-19-10-6-7-11-21(19)24/h4-13,15-16,22H,3,14H2,1-2H3/t16-,22+/m1/s1. The molecule has 0 unspecified atom stereocenters. The molecule has 26 heavy (non-hydrogen) atoms. The van der Waals surface area contributed by atoms with Gasteiger partial charge >= 0.3 is 0 Å². The molecular formula is C23H23NO2. The van der Waals surface area contributed by atoms with Gasteiger partial charge in [0.05, 0.1) is 0 Å². The van der Waals surface area contributed by atoms with Crippen molar-refractivity contribution in [2.75, 3.05) is 4.90 Å². The van der Waals surface area contributed by atoms with Crippen molar-refractivity contribution in [3.63, 3.8) is 0 Å². The van der Waals surface area contributed by atoms with Crippen LogP contribution in [0.25, 0.3) is 10.8 Å². The molecule has 4 rings (SSSR count). The van der Waals surface area contributed by atoms with Crippen LogP contribution in [0.2, 0.25) is 0 Å². The third-order valence-corrected chi connectivity index (χ3v) is 5.09. The molecule has 1 heterocycles. The summed E-state index contributed by atoms with van der Waals surface area (Å²) in [5, 5.41) is 2.29. The van der Waals surface area contributed by atoms with E-state index < -0.39 is 6.10 Å². The lowest BCUT2D eigenvalue weighted by Gasteiger charge is -2.27. The topological polar surface area (TPSA) is 29.5 Å². The lowest BCUT2D eigenvalue weighted by Crippen LogP contribution is -2.44. The molecule has 0 aliphatic carbocycles. The van der Waals surface area contributed by atoms with Gasteiger partial charge in [-0.25, -0.2) is 0 Å². The summed E-state index contributed by atoms with van der Waals surface area (Å²) < 4.78 is 6.12. The summed E-state index contributed by atoms with van der Waals surface area (Å²) in [4.78, 5) is 15.1. The van der Waals surface area contributed by atoms with Gasteiger partial charge in [0, 0.05) is 11.7 Å². The van der Waals surface area contributed by atoms with E-state index in [0.717, 1.165) is 23.2 Å². The summed E-state index contributed by atoms with van der Waals surface area (Å²) in [5.41, 5.74) is 2.25. The zero-order chi connectivity index (χ0) is 18.1. The molecule has 2 atom stereocenters. The van der Waals surface area contributed by atoms with Crippen LogP contribution >= 0.6 is 0 Å². The monoisotopic (exact) mass is 345 g/mol. The van der Waals surface area contributed by atoms with Gasteiger partial charge < -0.3 is 9.64 Å². The number of benzene rings is 3. The number of hydrogen-bond donors (Lipinski definition) is 0. The van der Waals surface area contributed by atoms with Crippen LogP contribution in [0.4, 0.5) is 5.69 Å². The quantitative estimate of drug-likeness (QED) is 0.668. The van der Waals surface area contributed by atoms with Crippen LogP contribution in [0.5, 0.6) is 5.75 Å². The molecule has 0 spiro atoms. The number of nitrogens with zero attached hydrogens (tertiary/aromatic N) is 1. The first kappa shape index (κ1) is 16.6. The van der Waals surface area contributed by atoms with E-state index in [0.29, 0.717) is 6.42 Å². The van der Waals surface area contributed by atoms with Gasteiger partial charge in [0.1, 0.15) is 5.75 Å². The maximum atomic E-state index is 13.2. The molecule has 3 aromatic carbocycles. The molecule has 132 valence electrons. The van der Waals surface area contributed by atoms with Crippen LogP contribution in [0.1, 0.15) is 25.8 Å². The van der Waals surface area contributed by atoms with E-state index in [1.165, 1.54) is 10.9 Å². The van der Waals surface area contributed by atoms with Crippen LogP contribution in [0, 0.1) is 0 Å². The molecule has 1 amide bonds. The van der Waals surface area contributed by atoms with E-state index in [1.54, 1.807) is 0 Å². The molecule has 0 fully saturated rings. The third-order valence-electron chi connectivity index (χ3n) is 5.09. The molecule has 0 bridgehead atoms. The first-order valence-corrected chi connectivity index (χ1v) is 9.24. The van der Waals surface area contributed by atoms with Gasteiger partial charge in [0.25, 0.3) is 5.91 Å². The molecule has 3 aromatic rings. The zero-order valence-corrected chi connectivity index (χ0v) is 15.2. The highest BCUT2D eigenvalue weighted by Gasteiger charge is 2.34. The number of carbonyl (C=O) groups is 1. The second-order valence-corrected chi connectivity index (χ2v) is 6.91. The van der Waals surface area contributed by atoms with E-state index in [1.807, 2.05) is 60.4 Å². The van der Waals surface area contributed by atoms with Gasteiger partial charge in [-0.05, 0) is 54.3 Å². The van der Waals surface area contributed by atoms with Crippen LogP contribution in [0.15, 0.2) is 66.7 Å². The second kappa shape index (κ2) is 6.83. The predicted octanol–water partition coefficient (Wildman–Crippen LogP) is 4.98. The number of rotatable bonds is 4. The summed E-state index contributed by atoms with van der Waals surface area (Å²) in [6.45, 7) is 4.09. The average molecular weight is 345 g/mol. The zero-order valence-electron chi connectivity index (χ0n) is 15.2. The average Bonchev–Trinajstić information content (AvgIpc) is 3.01. The number of fused-ring (bicyclic) bond motifs is 2. The van der Waals surface area contributed by atoms with Crippen LogP contribution in [-0.4, -0.2) is 18.1 Å². The van der Waals surface area contributed by atoms with Gasteiger partial charge in [-0.3, -0.25) is 4.79 Å². The second-order valence-electron chi connectivity index (χ2n) is 6.91. The van der Waals surface area contributed by atoms with Gasteiger partial charge in [-0.1, -0.05) is 55.5 Å². The maximum Gasteiger partial charge on any atom is 0.268 e. The molecule has 0 aromatic heterocycles. The highest BCUT2D eigenvalue weighted by atomic mass is 16.5. The fraction of sp³-hybridized carbons (Fsp3) is 0.261. The van der Waals surface area contributed by atoms with Gasteiger partial charge in [0.15, 0.2) is 6.10 Å². The number of hydrogen-bond acceptors (Lipinski definition) is 2. The largest absolute Gasteiger partial charge is 0.481 e. The summed E-state index contributed by atoms with van der Waals surface area (Å²) in [5.74, 6) is 0.780. The Morgan fingerprint density at radius 2 is 1.81 bits per heavy atom. The lowest BCUT2D eigenvalue weighted by atomic mass is 10.1. The minimum absolute atomic E-state index is 0.0399. The number of para-hydroxylation sites is 1. The minimum Gasteiger partial charge on any atom is -0.481 e. The fourth-order valence-electron chi connectivity index (χ4n) is 3.77.